The van der Waals surface area contributed by atoms with Crippen LogP contribution in [-0.2, 0) is 14.4 Å². The van der Waals surface area contributed by atoms with E-state index in [9.17, 15) is 14.4 Å². The standard InChI is InChI=1S/C13H18N2O3/c16-11(14-10-4-2-1-3-5-10)8-9-15-12(17)6-7-13(15)18/h2,4,10H,1,3,5-9H2,(H,14,16)/t10-/m1/s1. The molecule has 1 atom stereocenters. The second-order valence-corrected chi connectivity index (χ2v) is 4.72. The van der Waals surface area contributed by atoms with E-state index in [0.29, 0.717) is 0 Å². The number of nitrogens with one attached hydrogen (secondary N) is 1. The average Bonchev–Trinajstić information content (AvgIpc) is 2.68. The summed E-state index contributed by atoms with van der Waals surface area (Å²) >= 11 is 0. The number of rotatable bonds is 4. The van der Waals surface area contributed by atoms with E-state index >= 15 is 0 Å². The maximum Gasteiger partial charge on any atom is 0.229 e. The van der Waals surface area contributed by atoms with Gasteiger partial charge in [0.25, 0.3) is 0 Å². The normalized spacial score (nSPS) is 23.6. The van der Waals surface area contributed by atoms with Crippen molar-refractivity contribution in [2.75, 3.05) is 6.54 Å². The highest BCUT2D eigenvalue weighted by atomic mass is 16.2. The number of likely N-dealkylation sites (tertiary alicyclic amines) is 1. The molecule has 18 heavy (non-hydrogen) atoms. The molecule has 1 heterocycles. The van der Waals surface area contributed by atoms with E-state index in [0.717, 1.165) is 19.3 Å². The molecule has 0 unspecified atom stereocenters. The van der Waals surface area contributed by atoms with Gasteiger partial charge in [-0.15, -0.1) is 0 Å². The third kappa shape index (κ3) is 3.18. The van der Waals surface area contributed by atoms with Crippen LogP contribution in [0.5, 0.6) is 0 Å². The number of carbonyl (C=O) groups is 3. The van der Waals surface area contributed by atoms with E-state index in [1.807, 2.05) is 6.08 Å². The molecule has 0 radical (unpaired) electrons. The second-order valence-electron chi connectivity index (χ2n) is 4.72. The minimum atomic E-state index is -0.162. The predicted octanol–water partition coefficient (Wildman–Crippen LogP) is 0.750. The van der Waals surface area contributed by atoms with Crippen LogP contribution < -0.4 is 5.32 Å². The number of hydrogen-bond acceptors (Lipinski definition) is 3. The molecule has 3 amide bonds. The molecule has 98 valence electrons. The first-order chi connectivity index (χ1) is 8.66. The monoisotopic (exact) mass is 250 g/mol. The number of amides is 3. The maximum absolute atomic E-state index is 11.7. The summed E-state index contributed by atoms with van der Waals surface area (Å²) < 4.78 is 0. The van der Waals surface area contributed by atoms with Crippen LogP contribution in [0.2, 0.25) is 0 Å². The van der Waals surface area contributed by atoms with Crippen molar-refractivity contribution in [3.8, 4) is 0 Å². The van der Waals surface area contributed by atoms with Gasteiger partial charge in [-0.3, -0.25) is 19.3 Å². The van der Waals surface area contributed by atoms with Crippen LogP contribution in [0.15, 0.2) is 12.2 Å². The van der Waals surface area contributed by atoms with Crippen molar-refractivity contribution < 1.29 is 14.4 Å². The average molecular weight is 250 g/mol. The van der Waals surface area contributed by atoms with Gasteiger partial charge in [-0.05, 0) is 19.3 Å². The Morgan fingerprint density at radius 3 is 2.67 bits per heavy atom. The molecule has 0 aromatic heterocycles. The molecule has 1 N–H and O–H groups in total. The van der Waals surface area contributed by atoms with Crippen molar-refractivity contribution in [1.82, 2.24) is 10.2 Å². The van der Waals surface area contributed by atoms with Gasteiger partial charge >= 0.3 is 0 Å². The summed E-state index contributed by atoms with van der Waals surface area (Å²) in [7, 11) is 0. The highest BCUT2D eigenvalue weighted by molar-refractivity contribution is 6.02. The summed E-state index contributed by atoms with van der Waals surface area (Å²) in [6, 6.07) is 0.108. The molecule has 0 bridgehead atoms. The number of imide groups is 1. The first-order valence-electron chi connectivity index (χ1n) is 6.46. The minimum Gasteiger partial charge on any atom is -0.350 e. The summed E-state index contributed by atoms with van der Waals surface area (Å²) in [5.74, 6) is -0.422. The molecule has 5 nitrogen and oxygen atoms in total. The lowest BCUT2D eigenvalue weighted by atomic mass is 10.0. The molecular weight excluding hydrogens is 232 g/mol. The lowest BCUT2D eigenvalue weighted by Gasteiger charge is -2.19. The van der Waals surface area contributed by atoms with Gasteiger partial charge in [0, 0.05) is 31.8 Å². The summed E-state index contributed by atoms with van der Waals surface area (Å²) in [6.45, 7) is 0.208. The minimum absolute atomic E-state index is 0.0981. The van der Waals surface area contributed by atoms with Crippen molar-refractivity contribution in [3.63, 3.8) is 0 Å². The Kier molecular flexibility index (Phi) is 4.12. The van der Waals surface area contributed by atoms with Crippen LogP contribution >= 0.6 is 0 Å². The van der Waals surface area contributed by atoms with Crippen LogP contribution in [-0.4, -0.2) is 35.2 Å². The first-order valence-corrected chi connectivity index (χ1v) is 6.46. The van der Waals surface area contributed by atoms with E-state index in [1.54, 1.807) is 0 Å². The molecule has 2 aliphatic rings. The molecule has 0 saturated carbocycles. The SMILES string of the molecule is O=C(CCN1C(=O)CCC1=O)N[C@@H]1C=CCCC1. The van der Waals surface area contributed by atoms with Gasteiger partial charge in [0.15, 0.2) is 0 Å². The zero-order chi connectivity index (χ0) is 13.0. The highest BCUT2D eigenvalue weighted by Crippen LogP contribution is 2.13. The Bertz CT molecular complexity index is 374. The highest BCUT2D eigenvalue weighted by Gasteiger charge is 2.28. The summed E-state index contributed by atoms with van der Waals surface area (Å²) in [5, 5.41) is 2.90. The van der Waals surface area contributed by atoms with Crippen molar-refractivity contribution in [2.24, 2.45) is 0 Å². The molecule has 0 spiro atoms. The molecular formula is C13H18N2O3. The summed E-state index contributed by atoms with van der Waals surface area (Å²) in [4.78, 5) is 35.6. The quantitative estimate of drug-likeness (QED) is 0.591. The largest absolute Gasteiger partial charge is 0.350 e. The van der Waals surface area contributed by atoms with E-state index < -0.39 is 0 Å². The molecule has 1 aliphatic heterocycles. The van der Waals surface area contributed by atoms with Crippen molar-refractivity contribution in [1.29, 1.82) is 0 Å². The number of hydrogen-bond donors (Lipinski definition) is 1. The van der Waals surface area contributed by atoms with E-state index in [4.69, 9.17) is 0 Å². The molecule has 0 aromatic carbocycles. The Balaban J connectivity index is 1.74. The fourth-order valence-corrected chi connectivity index (χ4v) is 2.30. The van der Waals surface area contributed by atoms with E-state index in [2.05, 4.69) is 11.4 Å². The van der Waals surface area contributed by atoms with Crippen LogP contribution in [0.4, 0.5) is 0 Å². The lowest BCUT2D eigenvalue weighted by Crippen LogP contribution is -2.38. The summed E-state index contributed by atoms with van der Waals surface area (Å²) in [6.07, 6.45) is 7.96. The van der Waals surface area contributed by atoms with Gasteiger partial charge in [-0.2, -0.15) is 0 Å². The van der Waals surface area contributed by atoms with Crippen molar-refractivity contribution in [2.45, 2.75) is 44.6 Å². The number of carbonyl (C=O) groups excluding carboxylic acids is 3. The fourth-order valence-electron chi connectivity index (χ4n) is 2.30. The van der Waals surface area contributed by atoms with Crippen molar-refractivity contribution >= 4 is 17.7 Å². The molecule has 2 rings (SSSR count). The molecule has 1 saturated heterocycles. The Morgan fingerprint density at radius 2 is 2.06 bits per heavy atom. The van der Waals surface area contributed by atoms with Gasteiger partial charge in [0.05, 0.1) is 0 Å². The third-order valence-electron chi connectivity index (χ3n) is 3.32. The fraction of sp³-hybridized carbons (Fsp3) is 0.615. The van der Waals surface area contributed by atoms with Crippen LogP contribution in [0.25, 0.3) is 0 Å². The molecule has 0 aromatic rings. The van der Waals surface area contributed by atoms with Gasteiger partial charge in [0.2, 0.25) is 17.7 Å². The second kappa shape index (κ2) is 5.80. The van der Waals surface area contributed by atoms with Gasteiger partial charge in [-0.1, -0.05) is 12.2 Å². The topological polar surface area (TPSA) is 66.5 Å². The lowest BCUT2D eigenvalue weighted by molar-refractivity contribution is -0.138. The van der Waals surface area contributed by atoms with E-state index in [-0.39, 0.29) is 49.6 Å². The molecule has 1 aliphatic carbocycles. The Hall–Kier alpha value is -1.65. The van der Waals surface area contributed by atoms with Gasteiger partial charge in [-0.25, -0.2) is 0 Å². The zero-order valence-corrected chi connectivity index (χ0v) is 10.4. The Morgan fingerprint density at radius 1 is 1.33 bits per heavy atom. The van der Waals surface area contributed by atoms with Gasteiger partial charge < -0.3 is 5.32 Å². The maximum atomic E-state index is 11.7. The molecule has 1 fully saturated rings. The van der Waals surface area contributed by atoms with Crippen LogP contribution in [0.1, 0.15) is 38.5 Å². The summed E-state index contributed by atoms with van der Waals surface area (Å²) in [5.41, 5.74) is 0. The third-order valence-corrected chi connectivity index (χ3v) is 3.32. The number of nitrogens with zero attached hydrogens (tertiary/aromatic N) is 1. The zero-order valence-electron chi connectivity index (χ0n) is 10.4. The van der Waals surface area contributed by atoms with Crippen LogP contribution in [0, 0.1) is 0 Å². The van der Waals surface area contributed by atoms with Crippen LogP contribution in [0.3, 0.4) is 0 Å². The van der Waals surface area contributed by atoms with Crippen molar-refractivity contribution in [3.05, 3.63) is 12.2 Å². The Labute approximate surface area is 106 Å². The first kappa shape index (κ1) is 12.8. The molecule has 5 heteroatoms. The van der Waals surface area contributed by atoms with E-state index in [1.165, 1.54) is 4.90 Å². The number of allylic oxidation sites excluding steroid dienone is 1. The predicted molar refractivity (Wildman–Crippen MR) is 65.5 cm³/mol. The smallest absolute Gasteiger partial charge is 0.229 e. The van der Waals surface area contributed by atoms with Gasteiger partial charge in [0.1, 0.15) is 0 Å².